The van der Waals surface area contributed by atoms with E-state index in [2.05, 4.69) is 15.4 Å². The molecule has 0 saturated heterocycles. The Labute approximate surface area is 221 Å². The molecular weight excluding hydrogens is 559 g/mol. The predicted molar refractivity (Wildman–Crippen MR) is 124 cm³/mol. The van der Waals surface area contributed by atoms with E-state index < -0.39 is 71.3 Å². The van der Waals surface area contributed by atoms with Gasteiger partial charge in [0, 0.05) is 18.8 Å². The average molecular weight is 581 g/mol. The number of benzene rings is 1. The van der Waals surface area contributed by atoms with Crippen molar-refractivity contribution in [2.24, 2.45) is 0 Å². The molecule has 2 aromatic heterocycles. The van der Waals surface area contributed by atoms with Crippen molar-refractivity contribution in [3.8, 4) is 17.3 Å². The summed E-state index contributed by atoms with van der Waals surface area (Å²) in [4.78, 5) is 29.8. The fourth-order valence-electron chi connectivity index (χ4n) is 3.47. The topological polar surface area (TPSA) is 120 Å². The van der Waals surface area contributed by atoms with E-state index in [1.165, 1.54) is 26.3 Å². The van der Waals surface area contributed by atoms with Crippen molar-refractivity contribution in [1.82, 2.24) is 19.3 Å². The molecule has 3 aromatic rings. The van der Waals surface area contributed by atoms with Gasteiger partial charge in [0.05, 0.1) is 12.7 Å². The number of ether oxygens (including phenoxy) is 2. The highest BCUT2D eigenvalue weighted by Crippen LogP contribution is 2.34. The number of aliphatic hydroxyl groups is 1. The number of halogens is 7. The lowest BCUT2D eigenvalue weighted by molar-refractivity contribution is -0.210. The Hall–Kier alpha value is -4.15. The Bertz CT molecular complexity index is 1470. The van der Waals surface area contributed by atoms with Crippen LogP contribution in [-0.2, 0) is 6.54 Å². The zero-order chi connectivity index (χ0) is 30.2. The first-order chi connectivity index (χ1) is 18.5. The summed E-state index contributed by atoms with van der Waals surface area (Å²) in [6, 6.07) is 2.42. The highest BCUT2D eigenvalue weighted by atomic mass is 19.4. The van der Waals surface area contributed by atoms with E-state index in [4.69, 9.17) is 9.47 Å². The van der Waals surface area contributed by atoms with Crippen LogP contribution in [0.15, 0.2) is 29.2 Å². The van der Waals surface area contributed by atoms with Gasteiger partial charge in [0.2, 0.25) is 12.0 Å². The highest BCUT2D eigenvalue weighted by Gasteiger charge is 2.44. The number of aliphatic hydroxyl groups excluding tert-OH is 1. The molecule has 1 unspecified atom stereocenters. The molecule has 0 aliphatic heterocycles. The molecule has 0 radical (unpaired) electrons. The monoisotopic (exact) mass is 581 g/mol. The lowest BCUT2D eigenvalue weighted by Gasteiger charge is -2.21. The molecule has 17 heteroatoms. The van der Waals surface area contributed by atoms with Gasteiger partial charge in [-0.3, -0.25) is 9.36 Å². The zero-order valence-electron chi connectivity index (χ0n) is 21.2. The number of nitrogens with one attached hydrogen (secondary N) is 1. The van der Waals surface area contributed by atoms with Crippen molar-refractivity contribution < 1.29 is 50.1 Å². The summed E-state index contributed by atoms with van der Waals surface area (Å²) in [5.74, 6) is -4.72. The normalized spacial score (nSPS) is 13.6. The number of anilines is 1. The lowest BCUT2D eigenvalue weighted by Crippen LogP contribution is -2.32. The van der Waals surface area contributed by atoms with Gasteiger partial charge in [0.1, 0.15) is 22.9 Å². The first kappa shape index (κ1) is 30.4. The maximum atomic E-state index is 15.3. The van der Waals surface area contributed by atoms with Crippen LogP contribution in [0, 0.1) is 12.7 Å². The van der Waals surface area contributed by atoms with Crippen LogP contribution in [0.25, 0.3) is 5.69 Å². The molecule has 40 heavy (non-hydrogen) atoms. The molecule has 2 N–H and O–H groups in total. The van der Waals surface area contributed by atoms with Crippen molar-refractivity contribution in [2.45, 2.75) is 51.9 Å². The summed E-state index contributed by atoms with van der Waals surface area (Å²) in [6.07, 6.45) is -14.6. The molecule has 218 valence electrons. The molecule has 0 spiro atoms. The van der Waals surface area contributed by atoms with Gasteiger partial charge in [-0.15, -0.1) is 5.10 Å². The molecule has 0 aliphatic carbocycles. The van der Waals surface area contributed by atoms with Crippen LogP contribution in [0.1, 0.15) is 41.7 Å². The van der Waals surface area contributed by atoms with Crippen LogP contribution in [0.2, 0.25) is 0 Å². The molecule has 0 aliphatic rings. The lowest BCUT2D eigenvalue weighted by atomic mass is 10.1. The van der Waals surface area contributed by atoms with Crippen molar-refractivity contribution in [2.75, 3.05) is 12.4 Å². The van der Waals surface area contributed by atoms with Gasteiger partial charge >= 0.3 is 18.0 Å². The van der Waals surface area contributed by atoms with Gasteiger partial charge in [-0.2, -0.15) is 31.0 Å². The Balaban J connectivity index is 2.20. The number of pyridine rings is 1. The number of aromatic nitrogens is 4. The van der Waals surface area contributed by atoms with E-state index in [-0.39, 0.29) is 16.2 Å². The SMILES string of the molecule is CCn1c(C(O)C(F)(F)F)nn(-c2cc(O[C@@H](C)C(F)(F)F)c(C(=O)Nc3c(C)ccnc3OC)cc2F)c1=O. The minimum Gasteiger partial charge on any atom is -0.480 e. The van der Waals surface area contributed by atoms with Crippen molar-refractivity contribution in [3.05, 3.63) is 57.6 Å². The molecule has 1 amide bonds. The summed E-state index contributed by atoms with van der Waals surface area (Å²) >= 11 is 0. The number of methoxy groups -OCH3 is 1. The minimum atomic E-state index is -5.25. The second-order valence-electron chi connectivity index (χ2n) is 8.31. The molecule has 2 atom stereocenters. The van der Waals surface area contributed by atoms with E-state index in [1.54, 1.807) is 6.92 Å². The van der Waals surface area contributed by atoms with Gasteiger partial charge in [-0.05, 0) is 38.5 Å². The summed E-state index contributed by atoms with van der Waals surface area (Å²) in [6.45, 7) is 2.97. The first-order valence-corrected chi connectivity index (χ1v) is 11.3. The van der Waals surface area contributed by atoms with Gasteiger partial charge < -0.3 is 19.9 Å². The Morgan fingerprint density at radius 2 is 1.82 bits per heavy atom. The zero-order valence-corrected chi connectivity index (χ0v) is 21.2. The van der Waals surface area contributed by atoms with Crippen molar-refractivity contribution >= 4 is 11.6 Å². The molecule has 0 fully saturated rings. The number of nitrogens with zero attached hydrogens (tertiary/aromatic N) is 4. The number of rotatable bonds is 8. The van der Waals surface area contributed by atoms with Crippen molar-refractivity contribution in [1.29, 1.82) is 0 Å². The van der Waals surface area contributed by atoms with Crippen LogP contribution >= 0.6 is 0 Å². The van der Waals surface area contributed by atoms with E-state index in [9.17, 15) is 41.0 Å². The largest absolute Gasteiger partial charge is 0.480 e. The Morgan fingerprint density at radius 3 is 2.38 bits per heavy atom. The second-order valence-corrected chi connectivity index (χ2v) is 8.31. The summed E-state index contributed by atoms with van der Waals surface area (Å²) in [7, 11) is 1.24. The molecule has 0 bridgehead atoms. The third kappa shape index (κ3) is 6.03. The molecule has 2 heterocycles. The fourth-order valence-corrected chi connectivity index (χ4v) is 3.47. The van der Waals surface area contributed by atoms with Gasteiger partial charge in [0.25, 0.3) is 5.91 Å². The molecular formula is C23H22F7N5O5. The highest BCUT2D eigenvalue weighted by molar-refractivity contribution is 6.07. The number of hydrogen-bond acceptors (Lipinski definition) is 7. The van der Waals surface area contributed by atoms with Gasteiger partial charge in [-0.1, -0.05) is 0 Å². The Kier molecular flexibility index (Phi) is 8.47. The van der Waals surface area contributed by atoms with E-state index >= 15 is 4.39 Å². The standard InChI is InChI=1S/C23H22F7N5O5/c1-5-34-18(17(36)23(28,29)30)33-35(21(34)38)14-9-15(40-11(3)22(25,26)27)12(8-13(14)24)19(37)32-16-10(2)6-7-31-20(16)39-4/h6-9,11,17,36H,5H2,1-4H3,(H,32,37)/t11-,17?/m0/s1. The number of carbonyl (C=O) groups is 1. The van der Waals surface area contributed by atoms with E-state index in [0.717, 1.165) is 0 Å². The summed E-state index contributed by atoms with van der Waals surface area (Å²) in [5.41, 5.74) is -2.61. The smallest absolute Gasteiger partial charge is 0.425 e. The van der Waals surface area contributed by atoms with Crippen molar-refractivity contribution in [3.63, 3.8) is 0 Å². The molecule has 0 saturated carbocycles. The Morgan fingerprint density at radius 1 is 1.18 bits per heavy atom. The van der Waals surface area contributed by atoms with E-state index in [1.807, 2.05) is 0 Å². The van der Waals surface area contributed by atoms with Gasteiger partial charge in [-0.25, -0.2) is 14.2 Å². The maximum absolute atomic E-state index is 15.3. The number of aryl methyl sites for hydroxylation is 1. The van der Waals surface area contributed by atoms with Crippen LogP contribution in [0.5, 0.6) is 11.6 Å². The number of alkyl halides is 6. The third-order valence-electron chi connectivity index (χ3n) is 5.60. The van der Waals surface area contributed by atoms with E-state index in [0.29, 0.717) is 29.2 Å². The summed E-state index contributed by atoms with van der Waals surface area (Å²) < 4.78 is 105. The first-order valence-electron chi connectivity index (χ1n) is 11.3. The van der Waals surface area contributed by atoms with Crippen LogP contribution in [-0.4, -0.2) is 55.9 Å². The maximum Gasteiger partial charge on any atom is 0.425 e. The third-order valence-corrected chi connectivity index (χ3v) is 5.60. The molecule has 10 nitrogen and oxygen atoms in total. The number of amides is 1. The number of carbonyl (C=O) groups excluding carboxylic acids is 1. The summed E-state index contributed by atoms with van der Waals surface area (Å²) in [5, 5.41) is 15.4. The van der Waals surface area contributed by atoms with Gasteiger partial charge in [0.15, 0.2) is 11.9 Å². The van der Waals surface area contributed by atoms with Crippen LogP contribution < -0.4 is 20.5 Å². The predicted octanol–water partition coefficient (Wildman–Crippen LogP) is 4.08. The molecule has 1 aromatic carbocycles. The quantitative estimate of drug-likeness (QED) is 0.385. The molecule has 3 rings (SSSR count). The fraction of sp³-hybridized carbons (Fsp3) is 0.391. The van der Waals surface area contributed by atoms with Crippen LogP contribution in [0.3, 0.4) is 0 Å². The minimum absolute atomic E-state index is 0.0120. The average Bonchev–Trinajstić information content (AvgIpc) is 3.19. The number of hydrogen-bond donors (Lipinski definition) is 2. The second kappa shape index (κ2) is 11.1. The van der Waals surface area contributed by atoms with Crippen LogP contribution in [0.4, 0.5) is 36.4 Å².